The highest BCUT2D eigenvalue weighted by atomic mass is 32.2. The number of non-ortho nitro benzene ring substituents is 1. The minimum absolute atomic E-state index is 0.0377. The third-order valence-corrected chi connectivity index (χ3v) is 4.18. The van der Waals surface area contributed by atoms with Crippen LogP contribution in [0.5, 0.6) is 5.75 Å². The molecule has 3 rings (SSSR count). The Morgan fingerprint density at radius 2 is 1.92 bits per heavy atom. The minimum atomic E-state index is -0.489. The summed E-state index contributed by atoms with van der Waals surface area (Å²) >= 11 is 1.13. The summed E-state index contributed by atoms with van der Waals surface area (Å²) in [6, 6.07) is 12.4. The fraction of sp³-hybridized carbons (Fsp3) is 0. The van der Waals surface area contributed by atoms with Crippen LogP contribution in [0.1, 0.15) is 11.1 Å². The third kappa shape index (κ3) is 4.33. The molecule has 2 N–H and O–H groups in total. The molecule has 0 unspecified atom stereocenters. The van der Waals surface area contributed by atoms with Crippen molar-refractivity contribution in [3.63, 3.8) is 0 Å². The van der Waals surface area contributed by atoms with E-state index >= 15 is 0 Å². The molecule has 1 amide bonds. The lowest BCUT2D eigenvalue weighted by Crippen LogP contribution is -2.19. The van der Waals surface area contributed by atoms with E-state index < -0.39 is 4.92 Å². The predicted octanol–water partition coefficient (Wildman–Crippen LogP) is 2.89. The molecule has 0 aromatic heterocycles. The molecular weight excluding hydrogens is 356 g/mol. The highest BCUT2D eigenvalue weighted by molar-refractivity contribution is 8.18. The van der Waals surface area contributed by atoms with Crippen molar-refractivity contribution in [3.8, 4) is 5.75 Å². The second kappa shape index (κ2) is 7.62. The maximum atomic E-state index is 12.0. The van der Waals surface area contributed by atoms with Gasteiger partial charge in [0.05, 0.1) is 16.0 Å². The number of benzene rings is 2. The van der Waals surface area contributed by atoms with Crippen LogP contribution in [0.25, 0.3) is 6.08 Å². The standard InChI is InChI=1S/C17H12N4O4S/c22-14-6-4-11(5-7-14)9-15-16(23)19-17(26-15)20-18-10-12-2-1-3-13(8-12)21(24)25/h1-10,22H,(H,19,20,23)/b15-9+,18-10?. The lowest BCUT2D eigenvalue weighted by atomic mass is 10.2. The number of aromatic hydroxyl groups is 1. The number of amidine groups is 1. The zero-order chi connectivity index (χ0) is 18.5. The number of nitrogens with one attached hydrogen (secondary N) is 1. The number of carbonyl (C=O) groups is 1. The topological polar surface area (TPSA) is 117 Å². The van der Waals surface area contributed by atoms with Crippen molar-refractivity contribution in [1.82, 2.24) is 5.32 Å². The van der Waals surface area contributed by atoms with Gasteiger partial charge in [-0.1, -0.05) is 24.3 Å². The fourth-order valence-corrected chi connectivity index (χ4v) is 2.84. The zero-order valence-electron chi connectivity index (χ0n) is 13.2. The van der Waals surface area contributed by atoms with E-state index in [-0.39, 0.29) is 17.3 Å². The van der Waals surface area contributed by atoms with Crippen LogP contribution in [-0.4, -0.2) is 27.3 Å². The Morgan fingerprint density at radius 1 is 1.15 bits per heavy atom. The van der Waals surface area contributed by atoms with Gasteiger partial charge >= 0.3 is 0 Å². The van der Waals surface area contributed by atoms with Crippen molar-refractivity contribution >= 4 is 40.8 Å². The molecule has 1 saturated heterocycles. The molecule has 0 radical (unpaired) electrons. The maximum absolute atomic E-state index is 12.0. The summed E-state index contributed by atoms with van der Waals surface area (Å²) in [7, 11) is 0. The minimum Gasteiger partial charge on any atom is -0.508 e. The molecule has 130 valence electrons. The van der Waals surface area contributed by atoms with E-state index in [4.69, 9.17) is 0 Å². The fourth-order valence-electron chi connectivity index (χ4n) is 2.06. The number of nitrogens with zero attached hydrogens (tertiary/aromatic N) is 3. The van der Waals surface area contributed by atoms with Crippen LogP contribution in [0.4, 0.5) is 5.69 Å². The van der Waals surface area contributed by atoms with Crippen LogP contribution >= 0.6 is 11.8 Å². The number of thioether (sulfide) groups is 1. The summed E-state index contributed by atoms with van der Waals surface area (Å²) in [6.07, 6.45) is 3.04. The third-order valence-electron chi connectivity index (χ3n) is 3.28. The van der Waals surface area contributed by atoms with E-state index in [0.29, 0.717) is 15.6 Å². The van der Waals surface area contributed by atoms with Crippen LogP contribution in [0, 0.1) is 10.1 Å². The number of rotatable bonds is 4. The highest BCUT2D eigenvalue weighted by Crippen LogP contribution is 2.26. The summed E-state index contributed by atoms with van der Waals surface area (Å²) in [5.74, 6) is -0.152. The van der Waals surface area contributed by atoms with Crippen molar-refractivity contribution in [2.75, 3.05) is 0 Å². The van der Waals surface area contributed by atoms with Crippen LogP contribution in [0.15, 0.2) is 63.6 Å². The van der Waals surface area contributed by atoms with E-state index in [9.17, 15) is 20.0 Å². The molecule has 2 aromatic carbocycles. The predicted molar refractivity (Wildman–Crippen MR) is 99.9 cm³/mol. The summed E-state index contributed by atoms with van der Waals surface area (Å²) in [6.45, 7) is 0. The average Bonchev–Trinajstić information content (AvgIpc) is 2.97. The molecule has 1 aliphatic heterocycles. The van der Waals surface area contributed by atoms with Gasteiger partial charge in [-0.15, -0.1) is 5.10 Å². The molecule has 0 saturated carbocycles. The molecular formula is C17H12N4O4S. The lowest BCUT2D eigenvalue weighted by molar-refractivity contribution is -0.384. The van der Waals surface area contributed by atoms with E-state index in [2.05, 4.69) is 15.5 Å². The van der Waals surface area contributed by atoms with Gasteiger partial charge in [0.25, 0.3) is 11.6 Å². The second-order valence-corrected chi connectivity index (χ2v) is 6.19. The molecule has 1 heterocycles. The van der Waals surface area contributed by atoms with Gasteiger partial charge in [0, 0.05) is 17.7 Å². The van der Waals surface area contributed by atoms with Crippen molar-refractivity contribution in [2.45, 2.75) is 0 Å². The molecule has 0 atom stereocenters. The van der Waals surface area contributed by atoms with Crippen LogP contribution < -0.4 is 5.32 Å². The molecule has 0 aliphatic carbocycles. The highest BCUT2D eigenvalue weighted by Gasteiger charge is 2.23. The van der Waals surface area contributed by atoms with Gasteiger partial charge in [0.2, 0.25) is 0 Å². The Kier molecular flexibility index (Phi) is 5.09. The molecule has 2 aromatic rings. The normalized spacial score (nSPS) is 17.2. The van der Waals surface area contributed by atoms with Crippen LogP contribution in [0.3, 0.4) is 0 Å². The second-order valence-electron chi connectivity index (χ2n) is 5.16. The van der Waals surface area contributed by atoms with Gasteiger partial charge in [-0.05, 0) is 35.5 Å². The first-order valence-electron chi connectivity index (χ1n) is 7.37. The Balaban J connectivity index is 1.71. The number of nitro groups is 1. The Hall–Kier alpha value is -3.46. The summed E-state index contributed by atoms with van der Waals surface area (Å²) in [5.41, 5.74) is 1.25. The number of phenols is 1. The number of nitro benzene ring substituents is 1. The molecule has 1 fully saturated rings. The van der Waals surface area contributed by atoms with E-state index in [1.54, 1.807) is 30.3 Å². The van der Waals surface area contributed by atoms with Crippen LogP contribution in [0.2, 0.25) is 0 Å². The zero-order valence-corrected chi connectivity index (χ0v) is 14.0. The quantitative estimate of drug-likeness (QED) is 0.372. The van der Waals surface area contributed by atoms with Crippen molar-refractivity contribution < 1.29 is 14.8 Å². The van der Waals surface area contributed by atoms with Gasteiger partial charge in [-0.2, -0.15) is 5.10 Å². The number of hydrogen-bond donors (Lipinski definition) is 2. The molecule has 9 heteroatoms. The first kappa shape index (κ1) is 17.4. The average molecular weight is 368 g/mol. The molecule has 0 bridgehead atoms. The molecule has 26 heavy (non-hydrogen) atoms. The van der Waals surface area contributed by atoms with Gasteiger partial charge < -0.3 is 5.11 Å². The number of phenolic OH excluding ortho intramolecular Hbond substituents is 1. The summed E-state index contributed by atoms with van der Waals surface area (Å²) in [4.78, 5) is 22.6. The van der Waals surface area contributed by atoms with E-state index in [1.165, 1.54) is 30.5 Å². The summed E-state index contributed by atoms with van der Waals surface area (Å²) in [5, 5.41) is 30.7. The van der Waals surface area contributed by atoms with Gasteiger partial charge in [0.15, 0.2) is 5.17 Å². The van der Waals surface area contributed by atoms with Crippen molar-refractivity contribution in [2.24, 2.45) is 10.2 Å². The van der Waals surface area contributed by atoms with Gasteiger partial charge in [-0.25, -0.2) is 0 Å². The molecule has 1 aliphatic rings. The number of hydrogen-bond acceptors (Lipinski definition) is 7. The van der Waals surface area contributed by atoms with Crippen LogP contribution in [-0.2, 0) is 4.79 Å². The van der Waals surface area contributed by atoms with Gasteiger partial charge in [-0.3, -0.25) is 20.2 Å². The first-order chi connectivity index (χ1) is 12.5. The van der Waals surface area contributed by atoms with E-state index in [1.807, 2.05) is 0 Å². The lowest BCUT2D eigenvalue weighted by Gasteiger charge is -1.95. The van der Waals surface area contributed by atoms with Crippen molar-refractivity contribution in [1.29, 1.82) is 0 Å². The maximum Gasteiger partial charge on any atom is 0.270 e. The molecule has 8 nitrogen and oxygen atoms in total. The van der Waals surface area contributed by atoms with Gasteiger partial charge in [0.1, 0.15) is 5.75 Å². The summed E-state index contributed by atoms with van der Waals surface area (Å²) < 4.78 is 0. The Labute approximate surface area is 152 Å². The monoisotopic (exact) mass is 368 g/mol. The largest absolute Gasteiger partial charge is 0.508 e. The Morgan fingerprint density at radius 3 is 2.65 bits per heavy atom. The number of carbonyl (C=O) groups excluding carboxylic acids is 1. The van der Waals surface area contributed by atoms with Crippen molar-refractivity contribution in [3.05, 3.63) is 74.7 Å². The number of amides is 1. The Bertz CT molecular complexity index is 951. The first-order valence-corrected chi connectivity index (χ1v) is 8.18. The van der Waals surface area contributed by atoms with E-state index in [0.717, 1.165) is 17.3 Å². The SMILES string of the molecule is O=C1NC(=NN=Cc2cccc([N+](=O)[O-])c2)S/C1=C/c1ccc(O)cc1. The molecule has 0 spiro atoms. The smallest absolute Gasteiger partial charge is 0.270 e.